The van der Waals surface area contributed by atoms with Crippen molar-refractivity contribution in [1.29, 1.82) is 0 Å². The number of benzene rings is 2. The van der Waals surface area contributed by atoms with Crippen molar-refractivity contribution in [2.24, 2.45) is 5.92 Å². The van der Waals surface area contributed by atoms with Gasteiger partial charge in [0.2, 0.25) is 0 Å². The monoisotopic (exact) mass is 362 g/mol. The average Bonchev–Trinajstić information content (AvgIpc) is 2.65. The van der Waals surface area contributed by atoms with E-state index in [1.54, 1.807) is 12.1 Å². The summed E-state index contributed by atoms with van der Waals surface area (Å²) in [6.45, 7) is 2.22. The maximum atomic E-state index is 14.3. The first-order chi connectivity index (χ1) is 12.5. The summed E-state index contributed by atoms with van der Waals surface area (Å²) in [5, 5.41) is 0. The highest BCUT2D eigenvalue weighted by Crippen LogP contribution is 2.38. The summed E-state index contributed by atoms with van der Waals surface area (Å²) in [6.07, 6.45) is 3.79. The Labute approximate surface area is 153 Å². The zero-order valence-electron chi connectivity index (χ0n) is 15.1. The Morgan fingerprint density at radius 3 is 2.12 bits per heavy atom. The van der Waals surface area contributed by atoms with Crippen molar-refractivity contribution in [1.82, 2.24) is 0 Å². The van der Waals surface area contributed by atoms with Crippen LogP contribution in [0.15, 0.2) is 48.5 Å². The third-order valence-corrected chi connectivity index (χ3v) is 5.32. The van der Waals surface area contributed by atoms with Crippen molar-refractivity contribution in [3.05, 3.63) is 65.5 Å². The minimum atomic E-state index is -3.45. The van der Waals surface area contributed by atoms with E-state index in [-0.39, 0.29) is 11.3 Å². The molecule has 1 aliphatic carbocycles. The van der Waals surface area contributed by atoms with E-state index in [1.807, 2.05) is 0 Å². The zero-order chi connectivity index (χ0) is 18.6. The minimum absolute atomic E-state index is 0.0604. The summed E-state index contributed by atoms with van der Waals surface area (Å²) < 4.78 is 46.3. The molecule has 0 heterocycles. The van der Waals surface area contributed by atoms with Gasteiger partial charge in [0, 0.05) is 0 Å². The molecule has 0 unspecified atom stereocenters. The van der Waals surface area contributed by atoms with Gasteiger partial charge in [-0.15, -0.1) is 0 Å². The van der Waals surface area contributed by atoms with Gasteiger partial charge in [-0.1, -0.05) is 31.9 Å². The third kappa shape index (κ3) is 4.60. The molecule has 0 radical (unpaired) electrons. The lowest BCUT2D eigenvalue weighted by molar-refractivity contribution is -0.185. The van der Waals surface area contributed by atoms with Gasteiger partial charge < -0.3 is 4.74 Å². The van der Waals surface area contributed by atoms with Gasteiger partial charge in [-0.25, -0.2) is 4.39 Å². The van der Waals surface area contributed by atoms with Gasteiger partial charge in [0.05, 0.1) is 5.56 Å². The SMILES string of the molecule is CCCC1CCC(c2ccc(C(F)(F)Oc3ccc(F)cc3)cc2)CC1. The third-order valence-electron chi connectivity index (χ3n) is 5.32. The van der Waals surface area contributed by atoms with Crippen LogP contribution in [0.5, 0.6) is 5.75 Å². The molecule has 0 aliphatic heterocycles. The predicted molar refractivity (Wildman–Crippen MR) is 97.0 cm³/mol. The van der Waals surface area contributed by atoms with Crippen molar-refractivity contribution >= 4 is 0 Å². The molecule has 0 N–H and O–H groups in total. The molecule has 3 rings (SSSR count). The highest BCUT2D eigenvalue weighted by Gasteiger charge is 2.34. The Kier molecular flexibility index (Phi) is 5.90. The molecule has 0 aromatic heterocycles. The fourth-order valence-corrected chi connectivity index (χ4v) is 3.85. The van der Waals surface area contributed by atoms with E-state index in [9.17, 15) is 13.2 Å². The maximum Gasteiger partial charge on any atom is 0.426 e. The van der Waals surface area contributed by atoms with Crippen molar-refractivity contribution in [2.45, 2.75) is 57.5 Å². The normalized spacial score (nSPS) is 20.8. The van der Waals surface area contributed by atoms with E-state index in [0.717, 1.165) is 36.5 Å². The van der Waals surface area contributed by atoms with Gasteiger partial charge in [-0.2, -0.15) is 8.78 Å². The van der Waals surface area contributed by atoms with Crippen molar-refractivity contribution in [3.8, 4) is 5.75 Å². The van der Waals surface area contributed by atoms with Crippen LogP contribution in [0.2, 0.25) is 0 Å². The first-order valence-electron chi connectivity index (χ1n) is 9.40. The summed E-state index contributed by atoms with van der Waals surface area (Å²) in [7, 11) is 0. The number of hydrogen-bond acceptors (Lipinski definition) is 1. The van der Waals surface area contributed by atoms with E-state index in [1.165, 1.54) is 49.9 Å². The van der Waals surface area contributed by atoms with Crippen LogP contribution in [0.25, 0.3) is 0 Å². The lowest BCUT2D eigenvalue weighted by Gasteiger charge is -2.29. The maximum absolute atomic E-state index is 14.3. The van der Waals surface area contributed by atoms with Crippen molar-refractivity contribution in [3.63, 3.8) is 0 Å². The molecule has 2 aromatic carbocycles. The van der Waals surface area contributed by atoms with E-state index in [2.05, 4.69) is 6.92 Å². The summed E-state index contributed by atoms with van der Waals surface area (Å²) in [6, 6.07) is 11.1. The van der Waals surface area contributed by atoms with Crippen LogP contribution in [-0.4, -0.2) is 0 Å². The second kappa shape index (κ2) is 8.15. The fraction of sp³-hybridized carbons (Fsp3) is 0.455. The Morgan fingerprint density at radius 2 is 1.54 bits per heavy atom. The van der Waals surface area contributed by atoms with Gasteiger partial charge >= 0.3 is 6.11 Å². The topological polar surface area (TPSA) is 9.23 Å². The minimum Gasteiger partial charge on any atom is -0.429 e. The molecule has 1 nitrogen and oxygen atoms in total. The van der Waals surface area contributed by atoms with E-state index < -0.39 is 11.9 Å². The van der Waals surface area contributed by atoms with Crippen molar-refractivity contribution in [2.75, 3.05) is 0 Å². The molecule has 0 amide bonds. The Bertz CT molecular complexity index is 686. The molecule has 1 saturated carbocycles. The number of hydrogen-bond donors (Lipinski definition) is 0. The van der Waals surface area contributed by atoms with Crippen LogP contribution < -0.4 is 4.74 Å². The molecule has 4 heteroatoms. The first kappa shape index (κ1) is 18.8. The Balaban J connectivity index is 1.64. The van der Waals surface area contributed by atoms with Gasteiger partial charge in [0.15, 0.2) is 0 Å². The summed E-state index contributed by atoms with van der Waals surface area (Å²) in [4.78, 5) is 0. The van der Waals surface area contributed by atoms with Gasteiger partial charge in [-0.3, -0.25) is 0 Å². The largest absolute Gasteiger partial charge is 0.429 e. The lowest BCUT2D eigenvalue weighted by atomic mass is 9.77. The average molecular weight is 362 g/mol. The molecule has 0 spiro atoms. The number of rotatable bonds is 6. The second-order valence-corrected chi connectivity index (χ2v) is 7.20. The Hall–Kier alpha value is -1.97. The molecular weight excluding hydrogens is 337 g/mol. The van der Waals surface area contributed by atoms with E-state index in [4.69, 9.17) is 4.74 Å². The number of ether oxygens (including phenoxy) is 1. The zero-order valence-corrected chi connectivity index (χ0v) is 15.1. The smallest absolute Gasteiger partial charge is 0.426 e. The van der Waals surface area contributed by atoms with Gasteiger partial charge in [0.1, 0.15) is 11.6 Å². The van der Waals surface area contributed by atoms with Crippen LogP contribution in [0.3, 0.4) is 0 Å². The van der Waals surface area contributed by atoms with E-state index in [0.29, 0.717) is 5.92 Å². The molecule has 0 atom stereocenters. The highest BCUT2D eigenvalue weighted by atomic mass is 19.3. The quantitative estimate of drug-likeness (QED) is 0.536. The molecule has 2 aromatic rings. The van der Waals surface area contributed by atoms with Crippen LogP contribution in [0, 0.1) is 11.7 Å². The summed E-state index contributed by atoms with van der Waals surface area (Å²) in [5.41, 5.74) is 0.937. The molecule has 140 valence electrons. The molecule has 1 aliphatic rings. The van der Waals surface area contributed by atoms with Crippen LogP contribution in [0.1, 0.15) is 62.5 Å². The lowest BCUT2D eigenvalue weighted by Crippen LogP contribution is -2.22. The Morgan fingerprint density at radius 1 is 0.923 bits per heavy atom. The van der Waals surface area contributed by atoms with Crippen molar-refractivity contribution < 1.29 is 17.9 Å². The summed E-state index contributed by atoms with van der Waals surface area (Å²) in [5.74, 6) is 0.737. The molecule has 0 saturated heterocycles. The van der Waals surface area contributed by atoms with Gasteiger partial charge in [0.25, 0.3) is 0 Å². The fourth-order valence-electron chi connectivity index (χ4n) is 3.85. The highest BCUT2D eigenvalue weighted by molar-refractivity contribution is 5.29. The van der Waals surface area contributed by atoms with Crippen LogP contribution in [-0.2, 0) is 6.11 Å². The standard InChI is InChI=1S/C22H25F3O/c1-2-3-16-4-6-17(7-5-16)18-8-10-19(11-9-18)22(24,25)26-21-14-12-20(23)13-15-21/h8-17H,2-7H2,1H3. The molecular formula is C22H25F3O. The molecule has 1 fully saturated rings. The molecule has 0 bridgehead atoms. The van der Waals surface area contributed by atoms with Crippen LogP contribution in [0.4, 0.5) is 13.2 Å². The molecule has 26 heavy (non-hydrogen) atoms. The van der Waals surface area contributed by atoms with Crippen LogP contribution >= 0.6 is 0 Å². The number of halogens is 3. The first-order valence-corrected chi connectivity index (χ1v) is 9.40. The summed E-state index contributed by atoms with van der Waals surface area (Å²) >= 11 is 0. The predicted octanol–water partition coefficient (Wildman–Crippen LogP) is 7.03. The second-order valence-electron chi connectivity index (χ2n) is 7.20. The van der Waals surface area contributed by atoms with E-state index >= 15 is 0 Å². The number of alkyl halides is 2. The van der Waals surface area contributed by atoms with Gasteiger partial charge in [-0.05, 0) is 79.5 Å².